The summed E-state index contributed by atoms with van der Waals surface area (Å²) in [6.07, 6.45) is 0.858. The van der Waals surface area contributed by atoms with Gasteiger partial charge >= 0.3 is 6.18 Å². The van der Waals surface area contributed by atoms with E-state index in [1.165, 1.54) is 11.1 Å². The molecule has 4 heterocycles. The fourth-order valence-electron chi connectivity index (χ4n) is 4.83. The lowest BCUT2D eigenvalue weighted by Crippen LogP contribution is -2.48. The number of H-pyrrole nitrogens is 1. The zero-order valence-electron chi connectivity index (χ0n) is 20.1. The van der Waals surface area contributed by atoms with Gasteiger partial charge in [0.2, 0.25) is 5.91 Å². The molecule has 0 bridgehead atoms. The minimum atomic E-state index is -4.80. The number of nitrogens with zero attached hydrogens (tertiary/aromatic N) is 5. The Kier molecular flexibility index (Phi) is 8.27. The van der Waals surface area contributed by atoms with Crippen molar-refractivity contribution >= 4 is 17.4 Å². The summed E-state index contributed by atoms with van der Waals surface area (Å²) in [5.74, 6) is 0.591. The van der Waals surface area contributed by atoms with Crippen molar-refractivity contribution in [2.45, 2.75) is 50.4 Å². The van der Waals surface area contributed by atoms with Crippen LogP contribution in [0.4, 0.5) is 24.7 Å². The van der Waals surface area contributed by atoms with E-state index in [0.717, 1.165) is 31.4 Å². The molecule has 1 unspecified atom stereocenters. The van der Waals surface area contributed by atoms with Crippen LogP contribution in [0.3, 0.4) is 0 Å². The molecule has 13 heteroatoms. The van der Waals surface area contributed by atoms with Crippen LogP contribution in [0.15, 0.2) is 29.3 Å². The molecule has 2 aliphatic rings. The number of nitrogens with one attached hydrogen (secondary N) is 2. The number of aromatic amines is 1. The Balaban J connectivity index is 1.24. The van der Waals surface area contributed by atoms with Crippen LogP contribution in [0.1, 0.15) is 43.2 Å². The predicted molar refractivity (Wildman–Crippen MR) is 128 cm³/mol. The van der Waals surface area contributed by atoms with Crippen LogP contribution in [0.2, 0.25) is 0 Å². The number of alkyl halides is 3. The molecule has 0 saturated carbocycles. The SMILES string of the molecule is N#Cc1ccc(N2CCCC(NC(=O)CCOC[C@@H]3CCCN3c3cn[nH]c(=O)c3C(F)(F)F)C2)nc1. The maximum absolute atomic E-state index is 13.5. The van der Waals surface area contributed by atoms with Crippen molar-refractivity contribution in [3.8, 4) is 6.07 Å². The van der Waals surface area contributed by atoms with Crippen LogP contribution in [0, 0.1) is 11.3 Å². The van der Waals surface area contributed by atoms with Gasteiger partial charge in [0, 0.05) is 38.3 Å². The van der Waals surface area contributed by atoms with E-state index < -0.39 is 17.3 Å². The molecule has 2 atom stereocenters. The minimum absolute atomic E-state index is 0.0477. The Morgan fingerprint density at radius 2 is 2.05 bits per heavy atom. The first-order chi connectivity index (χ1) is 17.8. The van der Waals surface area contributed by atoms with E-state index in [2.05, 4.69) is 20.3 Å². The number of rotatable bonds is 8. The molecule has 198 valence electrons. The predicted octanol–water partition coefficient (Wildman–Crippen LogP) is 2.22. The standard InChI is InChI=1S/C24H28F3N7O3/c25-24(26,27)22-19(13-30-32-23(22)36)34-9-2-4-18(34)15-37-10-7-21(35)31-17-3-1-8-33(14-17)20-6-5-16(11-28)12-29-20/h5-6,12-13,17-18H,1-4,7-10,14-15H2,(H,31,35)(H,32,36)/t17?,18-/m0/s1. The van der Waals surface area contributed by atoms with E-state index in [4.69, 9.17) is 10.00 Å². The molecule has 0 aromatic carbocycles. The second-order valence-corrected chi connectivity index (χ2v) is 9.14. The topological polar surface area (TPSA) is 127 Å². The smallest absolute Gasteiger partial charge is 0.379 e. The summed E-state index contributed by atoms with van der Waals surface area (Å²) >= 11 is 0. The molecule has 1 amide bonds. The van der Waals surface area contributed by atoms with Gasteiger partial charge in [-0.2, -0.15) is 23.5 Å². The van der Waals surface area contributed by atoms with Gasteiger partial charge in [0.15, 0.2) is 0 Å². The lowest BCUT2D eigenvalue weighted by molar-refractivity contribution is -0.138. The molecular formula is C24H28F3N7O3. The molecular weight excluding hydrogens is 491 g/mol. The number of ether oxygens (including phenoxy) is 1. The third kappa shape index (κ3) is 6.56. The zero-order valence-corrected chi connectivity index (χ0v) is 20.1. The molecule has 0 aliphatic carbocycles. The van der Waals surface area contributed by atoms with E-state index >= 15 is 0 Å². The molecule has 2 fully saturated rings. The average molecular weight is 520 g/mol. The maximum Gasteiger partial charge on any atom is 0.423 e. The van der Waals surface area contributed by atoms with Crippen molar-refractivity contribution in [2.24, 2.45) is 0 Å². The van der Waals surface area contributed by atoms with Gasteiger partial charge in [-0.05, 0) is 37.8 Å². The summed E-state index contributed by atoms with van der Waals surface area (Å²) in [5, 5.41) is 17.3. The number of hydrogen-bond donors (Lipinski definition) is 2. The number of aromatic nitrogens is 3. The molecule has 2 saturated heterocycles. The monoisotopic (exact) mass is 519 g/mol. The number of hydrogen-bond acceptors (Lipinski definition) is 8. The average Bonchev–Trinajstić information content (AvgIpc) is 3.34. The van der Waals surface area contributed by atoms with E-state index in [1.54, 1.807) is 12.1 Å². The van der Waals surface area contributed by atoms with Crippen molar-refractivity contribution < 1.29 is 22.7 Å². The maximum atomic E-state index is 13.5. The summed E-state index contributed by atoms with van der Waals surface area (Å²) < 4.78 is 46.0. The largest absolute Gasteiger partial charge is 0.423 e. The van der Waals surface area contributed by atoms with Gasteiger partial charge in [-0.25, -0.2) is 10.1 Å². The quantitative estimate of drug-likeness (QED) is 0.509. The Morgan fingerprint density at radius 1 is 1.24 bits per heavy atom. The summed E-state index contributed by atoms with van der Waals surface area (Å²) in [5.41, 5.74) is -2.30. The van der Waals surface area contributed by atoms with E-state index in [-0.39, 0.29) is 43.3 Å². The van der Waals surface area contributed by atoms with Crippen molar-refractivity contribution in [3.63, 3.8) is 0 Å². The zero-order chi connectivity index (χ0) is 26.4. The highest BCUT2D eigenvalue weighted by Crippen LogP contribution is 2.36. The van der Waals surface area contributed by atoms with Gasteiger partial charge in [0.25, 0.3) is 5.56 Å². The number of halogens is 3. The third-order valence-corrected chi connectivity index (χ3v) is 6.58. The van der Waals surface area contributed by atoms with Crippen molar-refractivity contribution in [2.75, 3.05) is 42.6 Å². The number of amides is 1. The molecule has 10 nitrogen and oxygen atoms in total. The number of carbonyl (C=O) groups is 1. The highest BCUT2D eigenvalue weighted by Gasteiger charge is 2.40. The third-order valence-electron chi connectivity index (χ3n) is 6.58. The van der Waals surface area contributed by atoms with Gasteiger partial charge in [0.05, 0.1) is 36.7 Å². The number of pyridine rings is 1. The fourth-order valence-corrected chi connectivity index (χ4v) is 4.83. The molecule has 2 aliphatic heterocycles. The van der Waals surface area contributed by atoms with Crippen LogP contribution < -0.4 is 20.7 Å². The van der Waals surface area contributed by atoms with Crippen LogP contribution in [0.5, 0.6) is 0 Å². The van der Waals surface area contributed by atoms with Gasteiger partial charge in [-0.1, -0.05) is 0 Å². The second kappa shape index (κ2) is 11.6. The first-order valence-electron chi connectivity index (χ1n) is 12.2. The number of carbonyl (C=O) groups excluding carboxylic acids is 1. The summed E-state index contributed by atoms with van der Waals surface area (Å²) in [7, 11) is 0. The van der Waals surface area contributed by atoms with Crippen LogP contribution in [-0.4, -0.2) is 66.0 Å². The van der Waals surface area contributed by atoms with Gasteiger partial charge in [-0.15, -0.1) is 0 Å². The number of piperidine rings is 1. The number of nitriles is 1. The van der Waals surface area contributed by atoms with E-state index in [9.17, 15) is 22.8 Å². The fraction of sp³-hybridized carbons (Fsp3) is 0.542. The molecule has 2 aromatic heterocycles. The van der Waals surface area contributed by atoms with Gasteiger partial charge in [-0.3, -0.25) is 9.59 Å². The second-order valence-electron chi connectivity index (χ2n) is 9.14. The summed E-state index contributed by atoms with van der Waals surface area (Å²) in [4.78, 5) is 32.2. The normalized spacial score (nSPS) is 20.1. The Bertz CT molecular complexity index is 1180. The van der Waals surface area contributed by atoms with Crippen LogP contribution in [0.25, 0.3) is 0 Å². The van der Waals surface area contributed by atoms with E-state index in [1.807, 2.05) is 11.2 Å². The van der Waals surface area contributed by atoms with Crippen LogP contribution >= 0.6 is 0 Å². The van der Waals surface area contributed by atoms with Crippen LogP contribution in [-0.2, 0) is 15.7 Å². The Labute approximate surface area is 211 Å². The minimum Gasteiger partial charge on any atom is -0.379 e. The summed E-state index contributed by atoms with van der Waals surface area (Å²) in [6.45, 7) is 2.04. The molecule has 4 rings (SSSR count). The summed E-state index contributed by atoms with van der Waals surface area (Å²) in [6, 6.07) is 5.15. The molecule has 0 radical (unpaired) electrons. The van der Waals surface area contributed by atoms with Gasteiger partial charge < -0.3 is 19.9 Å². The molecule has 2 aromatic rings. The van der Waals surface area contributed by atoms with Crippen molar-refractivity contribution in [1.29, 1.82) is 5.26 Å². The first-order valence-corrected chi connectivity index (χ1v) is 12.2. The Morgan fingerprint density at radius 3 is 2.78 bits per heavy atom. The first kappa shape index (κ1) is 26.4. The molecule has 37 heavy (non-hydrogen) atoms. The lowest BCUT2D eigenvalue weighted by Gasteiger charge is -2.34. The number of anilines is 2. The highest BCUT2D eigenvalue weighted by atomic mass is 19.4. The molecule has 0 spiro atoms. The molecule has 2 N–H and O–H groups in total. The Hall–Kier alpha value is -3.66. The van der Waals surface area contributed by atoms with Crippen molar-refractivity contribution in [1.82, 2.24) is 20.5 Å². The lowest BCUT2D eigenvalue weighted by atomic mass is 10.1. The van der Waals surface area contributed by atoms with Gasteiger partial charge in [0.1, 0.15) is 17.5 Å². The van der Waals surface area contributed by atoms with Crippen molar-refractivity contribution in [3.05, 3.63) is 46.0 Å². The van der Waals surface area contributed by atoms with E-state index in [0.29, 0.717) is 31.5 Å². The highest BCUT2D eigenvalue weighted by molar-refractivity contribution is 5.76.